The molecule has 0 unspecified atom stereocenters. The van der Waals surface area contributed by atoms with Crippen molar-refractivity contribution < 1.29 is 9.90 Å². The quantitative estimate of drug-likeness (QED) is 0.924. The molecular formula is C19H28N2O2. The number of aliphatic hydroxyl groups is 1. The zero-order valence-electron chi connectivity index (χ0n) is 14.1. The van der Waals surface area contributed by atoms with E-state index in [0.717, 1.165) is 51.9 Å². The normalized spacial score (nSPS) is 25.7. The number of benzene rings is 1. The maximum absolute atomic E-state index is 12.4. The van der Waals surface area contributed by atoms with Crippen LogP contribution in [0.4, 0.5) is 0 Å². The molecule has 1 aromatic rings. The van der Waals surface area contributed by atoms with Gasteiger partial charge in [-0.15, -0.1) is 0 Å². The Kier molecular flexibility index (Phi) is 5.34. The van der Waals surface area contributed by atoms with E-state index in [9.17, 15) is 9.90 Å². The zero-order valence-corrected chi connectivity index (χ0v) is 14.1. The van der Waals surface area contributed by atoms with Crippen LogP contribution in [0.2, 0.25) is 0 Å². The molecule has 0 aromatic heterocycles. The molecule has 0 radical (unpaired) electrons. The van der Waals surface area contributed by atoms with Crippen molar-refractivity contribution in [1.29, 1.82) is 0 Å². The molecule has 3 rings (SSSR count). The summed E-state index contributed by atoms with van der Waals surface area (Å²) >= 11 is 0. The Hall–Kier alpha value is -1.39. The summed E-state index contributed by atoms with van der Waals surface area (Å²) in [6, 6.07) is 8.75. The van der Waals surface area contributed by atoms with Gasteiger partial charge in [0.1, 0.15) is 0 Å². The van der Waals surface area contributed by atoms with Crippen molar-refractivity contribution in [3.05, 3.63) is 35.4 Å². The molecule has 1 aliphatic carbocycles. The largest absolute Gasteiger partial charge is 0.391 e. The first-order valence-corrected chi connectivity index (χ1v) is 8.89. The molecule has 2 fully saturated rings. The van der Waals surface area contributed by atoms with Gasteiger partial charge in [-0.2, -0.15) is 0 Å². The van der Waals surface area contributed by atoms with E-state index in [4.69, 9.17) is 0 Å². The number of piperazine rings is 1. The molecule has 2 atom stereocenters. The van der Waals surface area contributed by atoms with Gasteiger partial charge >= 0.3 is 0 Å². The van der Waals surface area contributed by atoms with Gasteiger partial charge in [-0.1, -0.05) is 29.8 Å². The topological polar surface area (TPSA) is 43.8 Å². The van der Waals surface area contributed by atoms with Gasteiger partial charge in [0, 0.05) is 38.6 Å². The molecule has 1 aromatic carbocycles. The highest BCUT2D eigenvalue weighted by Crippen LogP contribution is 2.25. The summed E-state index contributed by atoms with van der Waals surface area (Å²) in [5.74, 6) is 0.261. The van der Waals surface area contributed by atoms with Crippen LogP contribution < -0.4 is 0 Å². The van der Waals surface area contributed by atoms with Gasteiger partial charge in [-0.3, -0.25) is 9.69 Å². The van der Waals surface area contributed by atoms with E-state index in [1.807, 2.05) is 4.90 Å². The second-order valence-corrected chi connectivity index (χ2v) is 6.97. The van der Waals surface area contributed by atoms with Gasteiger partial charge < -0.3 is 10.0 Å². The van der Waals surface area contributed by atoms with Crippen LogP contribution in [0, 0.1) is 6.92 Å². The van der Waals surface area contributed by atoms with Crippen LogP contribution in [0.1, 0.15) is 36.8 Å². The van der Waals surface area contributed by atoms with Crippen LogP contribution >= 0.6 is 0 Å². The van der Waals surface area contributed by atoms with Gasteiger partial charge in [0.15, 0.2) is 0 Å². The van der Waals surface area contributed by atoms with Crippen molar-refractivity contribution in [1.82, 2.24) is 9.80 Å². The maximum atomic E-state index is 12.4. The predicted octanol–water partition coefficient (Wildman–Crippen LogP) is 1.99. The molecule has 1 N–H and O–H groups in total. The van der Waals surface area contributed by atoms with E-state index >= 15 is 0 Å². The average Bonchev–Trinajstić information content (AvgIpc) is 3.00. The third-order valence-corrected chi connectivity index (χ3v) is 5.33. The van der Waals surface area contributed by atoms with Crippen LogP contribution in [-0.4, -0.2) is 59.1 Å². The molecule has 4 nitrogen and oxygen atoms in total. The molecule has 1 saturated heterocycles. The molecule has 1 heterocycles. The number of aliphatic hydroxyl groups excluding tert-OH is 1. The molecule has 0 spiro atoms. The van der Waals surface area contributed by atoms with E-state index in [1.54, 1.807) is 0 Å². The summed E-state index contributed by atoms with van der Waals surface area (Å²) in [7, 11) is 0. The van der Waals surface area contributed by atoms with E-state index in [2.05, 4.69) is 36.1 Å². The first kappa shape index (κ1) is 16.5. The Morgan fingerprint density at radius 2 is 1.83 bits per heavy atom. The van der Waals surface area contributed by atoms with E-state index in [0.29, 0.717) is 12.5 Å². The lowest BCUT2D eigenvalue weighted by Crippen LogP contribution is -2.53. The summed E-state index contributed by atoms with van der Waals surface area (Å²) in [5, 5.41) is 10.0. The predicted molar refractivity (Wildman–Crippen MR) is 91.3 cm³/mol. The Morgan fingerprint density at radius 1 is 1.13 bits per heavy atom. The second-order valence-electron chi connectivity index (χ2n) is 6.97. The molecule has 23 heavy (non-hydrogen) atoms. The minimum Gasteiger partial charge on any atom is -0.391 e. The minimum absolute atomic E-state index is 0.168. The van der Waals surface area contributed by atoms with Crippen molar-refractivity contribution in [2.24, 2.45) is 0 Å². The first-order valence-electron chi connectivity index (χ1n) is 8.89. The third kappa shape index (κ3) is 4.12. The molecule has 126 valence electrons. The lowest BCUT2D eigenvalue weighted by atomic mass is 10.1. The van der Waals surface area contributed by atoms with Crippen molar-refractivity contribution in [3.8, 4) is 0 Å². The van der Waals surface area contributed by atoms with Crippen molar-refractivity contribution >= 4 is 5.91 Å². The Bertz CT molecular complexity index is 521. The number of hydrogen-bond acceptors (Lipinski definition) is 3. The summed E-state index contributed by atoms with van der Waals surface area (Å²) in [6.45, 7) is 5.48. The minimum atomic E-state index is -0.168. The highest BCUT2D eigenvalue weighted by molar-refractivity contribution is 5.76. The fourth-order valence-corrected chi connectivity index (χ4v) is 3.81. The molecule has 2 aliphatic rings. The number of rotatable bonds is 4. The number of aryl methyl sites for hydroxylation is 2. The fraction of sp³-hybridized carbons (Fsp3) is 0.632. The molecule has 4 heteroatoms. The number of carbonyl (C=O) groups excluding carboxylic acids is 1. The highest BCUT2D eigenvalue weighted by atomic mass is 16.3. The number of hydrogen-bond donors (Lipinski definition) is 1. The number of amides is 1. The summed E-state index contributed by atoms with van der Waals surface area (Å²) in [5.41, 5.74) is 2.49. The lowest BCUT2D eigenvalue weighted by molar-refractivity contribution is -0.133. The van der Waals surface area contributed by atoms with Crippen molar-refractivity contribution in [3.63, 3.8) is 0 Å². The monoisotopic (exact) mass is 316 g/mol. The van der Waals surface area contributed by atoms with Crippen LogP contribution in [0.25, 0.3) is 0 Å². The third-order valence-electron chi connectivity index (χ3n) is 5.33. The van der Waals surface area contributed by atoms with Gasteiger partial charge in [-0.05, 0) is 38.2 Å². The van der Waals surface area contributed by atoms with Crippen LogP contribution in [0.5, 0.6) is 0 Å². The summed E-state index contributed by atoms with van der Waals surface area (Å²) in [6.07, 6.45) is 4.40. The van der Waals surface area contributed by atoms with Gasteiger partial charge in [0.2, 0.25) is 5.91 Å². The molecular weight excluding hydrogens is 288 g/mol. The Balaban J connectivity index is 1.43. The molecule has 1 aliphatic heterocycles. The summed E-state index contributed by atoms with van der Waals surface area (Å²) in [4.78, 5) is 16.8. The average molecular weight is 316 g/mol. The van der Waals surface area contributed by atoms with Crippen molar-refractivity contribution in [2.75, 3.05) is 26.2 Å². The number of carbonyl (C=O) groups is 1. The standard InChI is InChI=1S/C19H28N2O2/c1-15-5-7-16(8-6-15)9-10-19(23)21-13-11-20(12-14-21)17-3-2-4-18(17)22/h5-8,17-18,22H,2-4,9-14H2,1H3/t17-,18-/m1/s1. The SMILES string of the molecule is Cc1ccc(CCC(=O)N2CCN([C@@H]3CCC[C@H]3O)CC2)cc1. The van der Waals surface area contributed by atoms with Crippen LogP contribution in [0.3, 0.4) is 0 Å². The van der Waals surface area contributed by atoms with Crippen LogP contribution in [-0.2, 0) is 11.2 Å². The Labute approximate surface area is 139 Å². The van der Waals surface area contributed by atoms with Gasteiger partial charge in [0.25, 0.3) is 0 Å². The lowest BCUT2D eigenvalue weighted by Gasteiger charge is -2.39. The first-order chi connectivity index (χ1) is 11.1. The van der Waals surface area contributed by atoms with E-state index in [1.165, 1.54) is 11.1 Å². The maximum Gasteiger partial charge on any atom is 0.222 e. The van der Waals surface area contributed by atoms with Crippen LogP contribution in [0.15, 0.2) is 24.3 Å². The zero-order chi connectivity index (χ0) is 16.2. The smallest absolute Gasteiger partial charge is 0.222 e. The highest BCUT2D eigenvalue weighted by Gasteiger charge is 2.33. The second kappa shape index (κ2) is 7.45. The number of nitrogens with zero attached hydrogens (tertiary/aromatic N) is 2. The molecule has 1 amide bonds. The molecule has 1 saturated carbocycles. The van der Waals surface area contributed by atoms with Gasteiger partial charge in [-0.25, -0.2) is 0 Å². The summed E-state index contributed by atoms with van der Waals surface area (Å²) < 4.78 is 0. The Morgan fingerprint density at radius 3 is 2.43 bits per heavy atom. The van der Waals surface area contributed by atoms with E-state index in [-0.39, 0.29) is 12.0 Å². The van der Waals surface area contributed by atoms with Crippen molar-refractivity contribution in [2.45, 2.75) is 51.2 Å². The molecule has 0 bridgehead atoms. The van der Waals surface area contributed by atoms with E-state index < -0.39 is 0 Å². The fourth-order valence-electron chi connectivity index (χ4n) is 3.81. The van der Waals surface area contributed by atoms with Gasteiger partial charge in [0.05, 0.1) is 6.10 Å².